The van der Waals surface area contributed by atoms with Crippen molar-refractivity contribution >= 4 is 11.7 Å². The Labute approximate surface area is 93.2 Å². The van der Waals surface area contributed by atoms with Crippen LogP contribution in [0, 0.1) is 5.82 Å². The molecule has 0 aromatic heterocycles. The molecule has 0 aliphatic carbocycles. The van der Waals surface area contributed by atoms with Crippen molar-refractivity contribution in [1.82, 2.24) is 5.32 Å². The van der Waals surface area contributed by atoms with E-state index in [0.29, 0.717) is 18.8 Å². The summed E-state index contributed by atoms with van der Waals surface area (Å²) in [5, 5.41) is 2.81. The summed E-state index contributed by atoms with van der Waals surface area (Å²) in [7, 11) is 0. The molecule has 1 aliphatic rings. The van der Waals surface area contributed by atoms with Crippen molar-refractivity contribution in [3.8, 4) is 0 Å². The predicted molar refractivity (Wildman–Crippen MR) is 59.7 cm³/mol. The lowest BCUT2D eigenvalue weighted by atomic mass is 10.2. The van der Waals surface area contributed by atoms with Crippen molar-refractivity contribution in [2.75, 3.05) is 18.0 Å². The molecule has 16 heavy (non-hydrogen) atoms. The molecule has 1 aliphatic heterocycles. The number of halogens is 1. The normalized spacial score (nSPS) is 20.0. The minimum absolute atomic E-state index is 0.0563. The summed E-state index contributed by atoms with van der Waals surface area (Å²) in [6.45, 7) is 1.07. The molecule has 0 spiro atoms. The lowest BCUT2D eigenvalue weighted by Crippen LogP contribution is -2.29. The number of amides is 2. The van der Waals surface area contributed by atoms with Gasteiger partial charge in [-0.2, -0.15) is 0 Å². The van der Waals surface area contributed by atoms with E-state index in [1.54, 1.807) is 12.1 Å². The van der Waals surface area contributed by atoms with Crippen LogP contribution in [0.25, 0.3) is 0 Å². The maximum absolute atomic E-state index is 13.0. The largest absolute Gasteiger partial charge is 0.333 e. The Balaban J connectivity index is 2.13. The number of hydrogen-bond acceptors (Lipinski definition) is 2. The molecule has 2 rings (SSSR count). The van der Waals surface area contributed by atoms with Gasteiger partial charge in [-0.25, -0.2) is 9.18 Å². The van der Waals surface area contributed by atoms with Crippen molar-refractivity contribution in [2.45, 2.75) is 12.5 Å². The maximum Gasteiger partial charge on any atom is 0.322 e. The van der Waals surface area contributed by atoms with Crippen LogP contribution in [-0.2, 0) is 0 Å². The maximum atomic E-state index is 13.0. The Morgan fingerprint density at radius 2 is 2.38 bits per heavy atom. The van der Waals surface area contributed by atoms with Crippen molar-refractivity contribution in [1.29, 1.82) is 0 Å². The van der Waals surface area contributed by atoms with Gasteiger partial charge >= 0.3 is 6.03 Å². The van der Waals surface area contributed by atoms with Crippen LogP contribution in [0.1, 0.15) is 6.42 Å². The number of urea groups is 1. The van der Waals surface area contributed by atoms with Gasteiger partial charge in [0, 0.05) is 18.3 Å². The number of anilines is 1. The summed E-state index contributed by atoms with van der Waals surface area (Å²) in [6.07, 6.45) is 0.734. The smallest absolute Gasteiger partial charge is 0.322 e. The third-order valence-corrected chi connectivity index (χ3v) is 2.61. The summed E-state index contributed by atoms with van der Waals surface area (Å²) in [6, 6.07) is 5.88. The molecule has 0 radical (unpaired) electrons. The van der Waals surface area contributed by atoms with Crippen LogP contribution in [0.15, 0.2) is 24.3 Å². The second kappa shape index (κ2) is 4.49. The third-order valence-electron chi connectivity index (χ3n) is 2.61. The molecule has 1 fully saturated rings. The zero-order chi connectivity index (χ0) is 11.5. The van der Waals surface area contributed by atoms with Gasteiger partial charge in [-0.15, -0.1) is 0 Å². The lowest BCUT2D eigenvalue weighted by molar-refractivity contribution is 0.250. The molecule has 1 saturated heterocycles. The minimum Gasteiger partial charge on any atom is -0.333 e. The first-order valence-corrected chi connectivity index (χ1v) is 5.24. The first kappa shape index (κ1) is 10.9. The summed E-state index contributed by atoms with van der Waals surface area (Å²) in [5.41, 5.74) is 6.01. The predicted octanol–water partition coefficient (Wildman–Crippen LogP) is 1.07. The minimum atomic E-state index is -0.340. The zero-order valence-corrected chi connectivity index (χ0v) is 8.82. The number of carbonyl (C=O) groups is 1. The summed E-state index contributed by atoms with van der Waals surface area (Å²) >= 11 is 0. The van der Waals surface area contributed by atoms with Crippen LogP contribution in [0.3, 0.4) is 0 Å². The number of nitrogens with one attached hydrogen (secondary N) is 1. The Morgan fingerprint density at radius 3 is 3.06 bits per heavy atom. The molecule has 1 unspecified atom stereocenters. The Morgan fingerprint density at radius 1 is 1.56 bits per heavy atom. The summed E-state index contributed by atoms with van der Waals surface area (Å²) in [5.74, 6) is -0.340. The van der Waals surface area contributed by atoms with Gasteiger partial charge in [0.25, 0.3) is 0 Å². The van der Waals surface area contributed by atoms with Crippen molar-refractivity contribution in [2.24, 2.45) is 5.73 Å². The van der Waals surface area contributed by atoms with Gasteiger partial charge < -0.3 is 11.1 Å². The summed E-state index contributed by atoms with van der Waals surface area (Å²) in [4.78, 5) is 13.2. The number of benzene rings is 1. The van der Waals surface area contributed by atoms with Crippen LogP contribution < -0.4 is 16.0 Å². The average molecular weight is 223 g/mol. The van der Waals surface area contributed by atoms with E-state index in [4.69, 9.17) is 5.73 Å². The molecule has 1 heterocycles. The highest BCUT2D eigenvalue weighted by Crippen LogP contribution is 2.19. The molecule has 0 saturated carbocycles. The van der Waals surface area contributed by atoms with E-state index in [2.05, 4.69) is 5.32 Å². The highest BCUT2D eigenvalue weighted by molar-refractivity contribution is 5.94. The fourth-order valence-corrected chi connectivity index (χ4v) is 1.83. The molecule has 3 N–H and O–H groups in total. The van der Waals surface area contributed by atoms with Crippen molar-refractivity contribution in [3.63, 3.8) is 0 Å². The van der Waals surface area contributed by atoms with Crippen molar-refractivity contribution in [3.05, 3.63) is 30.1 Å². The van der Waals surface area contributed by atoms with Gasteiger partial charge in [-0.3, -0.25) is 4.90 Å². The fourth-order valence-electron chi connectivity index (χ4n) is 1.83. The summed E-state index contributed by atoms with van der Waals surface area (Å²) < 4.78 is 13.0. The van der Waals surface area contributed by atoms with Crippen LogP contribution in [0.5, 0.6) is 0 Å². The number of nitrogens with two attached hydrogens (primary N) is 1. The zero-order valence-electron chi connectivity index (χ0n) is 8.82. The van der Waals surface area contributed by atoms with Crippen LogP contribution >= 0.6 is 0 Å². The topological polar surface area (TPSA) is 58.4 Å². The standard InChI is InChI=1S/C11H14FN3O/c12-8-2-1-3-10(6-8)15-7-9(4-5-13)14-11(15)16/h1-3,6,9H,4-5,7,13H2,(H,14,16). The van der Waals surface area contributed by atoms with Gasteiger partial charge in [0.05, 0.1) is 0 Å². The Kier molecular flexibility index (Phi) is 3.05. The van der Waals surface area contributed by atoms with E-state index in [-0.39, 0.29) is 17.9 Å². The molecule has 2 amide bonds. The number of nitrogens with zero attached hydrogens (tertiary/aromatic N) is 1. The monoisotopic (exact) mass is 223 g/mol. The molecule has 1 atom stereocenters. The molecular formula is C11H14FN3O. The first-order valence-electron chi connectivity index (χ1n) is 5.24. The van der Waals surface area contributed by atoms with Gasteiger partial charge in [-0.1, -0.05) is 6.07 Å². The van der Waals surface area contributed by atoms with E-state index < -0.39 is 0 Å². The molecular weight excluding hydrogens is 209 g/mol. The highest BCUT2D eigenvalue weighted by Gasteiger charge is 2.29. The molecule has 5 heteroatoms. The first-order chi connectivity index (χ1) is 7.70. The van der Waals surface area contributed by atoms with Crippen LogP contribution in [-0.4, -0.2) is 25.2 Å². The lowest BCUT2D eigenvalue weighted by Gasteiger charge is -2.14. The van der Waals surface area contributed by atoms with Crippen LogP contribution in [0.2, 0.25) is 0 Å². The Hall–Kier alpha value is -1.62. The van der Waals surface area contributed by atoms with E-state index >= 15 is 0 Å². The van der Waals surface area contributed by atoms with E-state index in [1.165, 1.54) is 17.0 Å². The van der Waals surface area contributed by atoms with Crippen LogP contribution in [0.4, 0.5) is 14.9 Å². The molecule has 1 aromatic carbocycles. The SMILES string of the molecule is NCCC1CN(c2cccc(F)c2)C(=O)N1. The molecule has 4 nitrogen and oxygen atoms in total. The van der Waals surface area contributed by atoms with Gasteiger partial charge in [0.2, 0.25) is 0 Å². The van der Waals surface area contributed by atoms with Crippen molar-refractivity contribution < 1.29 is 9.18 Å². The molecule has 86 valence electrons. The van der Waals surface area contributed by atoms with E-state index in [9.17, 15) is 9.18 Å². The van der Waals surface area contributed by atoms with E-state index in [1.807, 2.05) is 0 Å². The Bertz CT molecular complexity index is 397. The second-order valence-corrected chi connectivity index (χ2v) is 3.81. The quantitative estimate of drug-likeness (QED) is 0.805. The van der Waals surface area contributed by atoms with Gasteiger partial charge in [-0.05, 0) is 31.2 Å². The molecule has 0 bridgehead atoms. The average Bonchev–Trinajstić information content (AvgIpc) is 2.60. The molecule has 1 aromatic rings. The number of carbonyl (C=O) groups excluding carboxylic acids is 1. The number of hydrogen-bond donors (Lipinski definition) is 2. The van der Waals surface area contributed by atoms with Gasteiger partial charge in [0.1, 0.15) is 5.82 Å². The number of rotatable bonds is 3. The fraction of sp³-hybridized carbons (Fsp3) is 0.364. The van der Waals surface area contributed by atoms with Gasteiger partial charge in [0.15, 0.2) is 0 Å². The van der Waals surface area contributed by atoms with E-state index in [0.717, 1.165) is 6.42 Å². The third kappa shape index (κ3) is 2.14. The second-order valence-electron chi connectivity index (χ2n) is 3.81. The highest BCUT2D eigenvalue weighted by atomic mass is 19.1.